The topological polar surface area (TPSA) is 47.0 Å². The molecule has 1 saturated carbocycles. The van der Waals surface area contributed by atoms with Crippen LogP contribution in [0.1, 0.15) is 33.0 Å². The molecule has 1 aromatic heterocycles. The summed E-state index contributed by atoms with van der Waals surface area (Å²) < 4.78 is 5.42. The number of ether oxygens (including phenoxy) is 1. The summed E-state index contributed by atoms with van der Waals surface area (Å²) in [6.45, 7) is 8.75. The molecule has 2 rings (SSSR count). The molecule has 4 nitrogen and oxygen atoms in total. The normalized spacial score (nSPS) is 25.4. The number of rotatable bonds is 4. The van der Waals surface area contributed by atoms with Crippen LogP contribution in [0.15, 0.2) is 6.07 Å². The molecule has 100 valence electrons. The average molecular weight is 270 g/mol. The number of alkyl halides is 1. The Labute approximate surface area is 113 Å². The highest BCUT2D eigenvalue weighted by Gasteiger charge is 2.47. The van der Waals surface area contributed by atoms with Crippen LogP contribution in [-0.2, 0) is 0 Å². The second kappa shape index (κ2) is 4.92. The van der Waals surface area contributed by atoms with Crippen LogP contribution in [0.2, 0.25) is 0 Å². The smallest absolute Gasteiger partial charge is 0.218 e. The Morgan fingerprint density at radius 1 is 1.50 bits per heavy atom. The molecular formula is C13H20ClN3O. The van der Waals surface area contributed by atoms with E-state index in [0.717, 1.165) is 12.2 Å². The molecule has 0 spiro atoms. The molecule has 1 fully saturated rings. The zero-order valence-corrected chi connectivity index (χ0v) is 12.1. The van der Waals surface area contributed by atoms with Gasteiger partial charge in [0.2, 0.25) is 5.88 Å². The zero-order chi connectivity index (χ0) is 13.3. The minimum atomic E-state index is 0.0895. The maximum Gasteiger partial charge on any atom is 0.218 e. The maximum absolute atomic E-state index is 6.22. The summed E-state index contributed by atoms with van der Waals surface area (Å²) in [4.78, 5) is 8.61. The van der Waals surface area contributed by atoms with Crippen molar-refractivity contribution in [2.45, 2.75) is 45.5 Å². The summed E-state index contributed by atoms with van der Waals surface area (Å²) in [5.41, 5.74) is 0.0895. The fraction of sp³-hybridized carbons (Fsp3) is 0.692. The van der Waals surface area contributed by atoms with Gasteiger partial charge in [-0.2, -0.15) is 4.98 Å². The Bertz CT molecular complexity index is 436. The molecule has 0 aromatic carbocycles. The van der Waals surface area contributed by atoms with E-state index in [4.69, 9.17) is 16.3 Å². The van der Waals surface area contributed by atoms with Gasteiger partial charge in [0, 0.05) is 22.9 Å². The quantitative estimate of drug-likeness (QED) is 0.854. The van der Waals surface area contributed by atoms with Gasteiger partial charge >= 0.3 is 0 Å². The fourth-order valence-electron chi connectivity index (χ4n) is 2.13. The molecule has 0 bridgehead atoms. The Balaban J connectivity index is 2.10. The maximum atomic E-state index is 6.22. The molecule has 0 aliphatic heterocycles. The van der Waals surface area contributed by atoms with E-state index >= 15 is 0 Å². The van der Waals surface area contributed by atoms with Gasteiger partial charge in [-0.05, 0) is 20.3 Å². The van der Waals surface area contributed by atoms with E-state index in [1.54, 1.807) is 0 Å². The molecule has 2 atom stereocenters. The highest BCUT2D eigenvalue weighted by atomic mass is 35.5. The summed E-state index contributed by atoms with van der Waals surface area (Å²) in [6.07, 6.45) is 0.960. The highest BCUT2D eigenvalue weighted by molar-refractivity contribution is 6.21. The fourth-order valence-corrected chi connectivity index (χ4v) is 2.46. The van der Waals surface area contributed by atoms with Gasteiger partial charge in [-0.25, -0.2) is 4.98 Å². The lowest BCUT2D eigenvalue weighted by Crippen LogP contribution is -2.54. The molecule has 1 aliphatic carbocycles. The van der Waals surface area contributed by atoms with Crippen LogP contribution in [0.4, 0.5) is 5.82 Å². The van der Waals surface area contributed by atoms with Gasteiger partial charge < -0.3 is 10.1 Å². The molecule has 1 heterocycles. The first-order valence-corrected chi connectivity index (χ1v) is 6.76. The summed E-state index contributed by atoms with van der Waals surface area (Å²) in [5, 5.41) is 3.65. The molecule has 2 unspecified atom stereocenters. The Morgan fingerprint density at radius 2 is 2.22 bits per heavy atom. The summed E-state index contributed by atoms with van der Waals surface area (Å²) >= 11 is 6.22. The molecule has 0 amide bonds. The van der Waals surface area contributed by atoms with Gasteiger partial charge in [0.25, 0.3) is 0 Å². The third-order valence-corrected chi connectivity index (χ3v) is 4.32. The van der Waals surface area contributed by atoms with E-state index in [-0.39, 0.29) is 10.8 Å². The molecule has 5 heteroatoms. The van der Waals surface area contributed by atoms with Crippen molar-refractivity contribution in [3.8, 4) is 5.88 Å². The van der Waals surface area contributed by atoms with Crippen LogP contribution < -0.4 is 10.1 Å². The van der Waals surface area contributed by atoms with Crippen LogP contribution in [-0.4, -0.2) is 28.0 Å². The SMILES string of the molecule is CCOc1cc(NC2CC(Cl)C2(C)C)nc(C)n1. The Kier molecular flexibility index (Phi) is 3.66. The van der Waals surface area contributed by atoms with Gasteiger partial charge in [0.15, 0.2) is 0 Å². The third-order valence-electron chi connectivity index (χ3n) is 3.58. The molecule has 0 radical (unpaired) electrons. The van der Waals surface area contributed by atoms with E-state index in [9.17, 15) is 0 Å². The number of nitrogens with one attached hydrogen (secondary N) is 1. The van der Waals surface area contributed by atoms with Crippen molar-refractivity contribution < 1.29 is 4.74 Å². The van der Waals surface area contributed by atoms with E-state index in [2.05, 4.69) is 29.1 Å². The predicted molar refractivity (Wildman–Crippen MR) is 73.4 cm³/mol. The molecule has 18 heavy (non-hydrogen) atoms. The number of halogens is 1. The lowest BCUT2D eigenvalue weighted by molar-refractivity contribution is 0.168. The number of aryl methyl sites for hydroxylation is 1. The van der Waals surface area contributed by atoms with Crippen LogP contribution >= 0.6 is 11.6 Å². The molecule has 1 N–H and O–H groups in total. The van der Waals surface area contributed by atoms with Gasteiger partial charge in [-0.3, -0.25) is 0 Å². The van der Waals surface area contributed by atoms with Crippen molar-refractivity contribution in [3.05, 3.63) is 11.9 Å². The van der Waals surface area contributed by atoms with Crippen molar-refractivity contribution in [2.75, 3.05) is 11.9 Å². The second-order valence-electron chi connectivity index (χ2n) is 5.29. The van der Waals surface area contributed by atoms with Gasteiger partial charge in [-0.15, -0.1) is 11.6 Å². The molecule has 1 aromatic rings. The summed E-state index contributed by atoms with van der Waals surface area (Å²) in [6, 6.07) is 2.19. The standard InChI is InChI=1S/C13H20ClN3O/c1-5-18-12-7-11(15-8(2)16-12)17-10-6-9(14)13(10,3)4/h7,9-10H,5-6H2,1-4H3,(H,15,16,17). The summed E-state index contributed by atoms with van der Waals surface area (Å²) in [7, 11) is 0. The van der Waals surface area contributed by atoms with Crippen molar-refractivity contribution in [1.82, 2.24) is 9.97 Å². The summed E-state index contributed by atoms with van der Waals surface area (Å²) in [5.74, 6) is 2.14. The number of hydrogen-bond acceptors (Lipinski definition) is 4. The van der Waals surface area contributed by atoms with E-state index in [1.165, 1.54) is 0 Å². The van der Waals surface area contributed by atoms with Gasteiger partial charge in [0.05, 0.1) is 6.61 Å². The Hall–Kier alpha value is -1.03. The average Bonchev–Trinajstić information content (AvgIpc) is 2.28. The first kappa shape index (κ1) is 13.4. The van der Waals surface area contributed by atoms with Crippen LogP contribution in [0, 0.1) is 12.3 Å². The predicted octanol–water partition coefficient (Wildman–Crippen LogP) is 3.00. The molecular weight excluding hydrogens is 250 g/mol. The number of aromatic nitrogens is 2. The van der Waals surface area contributed by atoms with Crippen molar-refractivity contribution in [2.24, 2.45) is 5.41 Å². The lowest BCUT2D eigenvalue weighted by Gasteiger charge is -2.49. The highest BCUT2D eigenvalue weighted by Crippen LogP contribution is 2.45. The molecule has 1 aliphatic rings. The van der Waals surface area contributed by atoms with Crippen LogP contribution in [0.25, 0.3) is 0 Å². The minimum absolute atomic E-state index is 0.0895. The lowest BCUT2D eigenvalue weighted by atomic mass is 9.67. The molecule has 0 saturated heterocycles. The zero-order valence-electron chi connectivity index (χ0n) is 11.3. The van der Waals surface area contributed by atoms with Crippen LogP contribution in [0.3, 0.4) is 0 Å². The van der Waals surface area contributed by atoms with E-state index in [0.29, 0.717) is 24.4 Å². The third kappa shape index (κ3) is 2.53. The van der Waals surface area contributed by atoms with Crippen molar-refractivity contribution >= 4 is 17.4 Å². The van der Waals surface area contributed by atoms with Crippen molar-refractivity contribution in [3.63, 3.8) is 0 Å². The number of anilines is 1. The largest absolute Gasteiger partial charge is 0.478 e. The second-order valence-corrected chi connectivity index (χ2v) is 5.82. The monoisotopic (exact) mass is 269 g/mol. The van der Waals surface area contributed by atoms with Gasteiger partial charge in [-0.1, -0.05) is 13.8 Å². The van der Waals surface area contributed by atoms with E-state index in [1.807, 2.05) is 19.9 Å². The number of nitrogens with zero attached hydrogens (tertiary/aromatic N) is 2. The first-order chi connectivity index (χ1) is 8.43. The minimum Gasteiger partial charge on any atom is -0.478 e. The van der Waals surface area contributed by atoms with Crippen LogP contribution in [0.5, 0.6) is 5.88 Å². The van der Waals surface area contributed by atoms with Crippen molar-refractivity contribution in [1.29, 1.82) is 0 Å². The Morgan fingerprint density at radius 3 is 2.78 bits per heavy atom. The first-order valence-electron chi connectivity index (χ1n) is 6.32. The number of hydrogen-bond donors (Lipinski definition) is 1. The van der Waals surface area contributed by atoms with Gasteiger partial charge in [0.1, 0.15) is 11.6 Å². The van der Waals surface area contributed by atoms with E-state index < -0.39 is 0 Å².